The number of halogens is 1. The van der Waals surface area contributed by atoms with Crippen LogP contribution in [0.3, 0.4) is 0 Å². The van der Waals surface area contributed by atoms with Crippen molar-refractivity contribution in [3.05, 3.63) is 29.3 Å². The Kier molecular flexibility index (Phi) is 5.99. The molecule has 2 fully saturated rings. The molecule has 1 amide bonds. The highest BCUT2D eigenvalue weighted by Gasteiger charge is 2.31. The van der Waals surface area contributed by atoms with E-state index in [9.17, 15) is 13.2 Å². The number of hydrogen-bond acceptors (Lipinski definition) is 4. The van der Waals surface area contributed by atoms with Gasteiger partial charge in [0.25, 0.3) is 0 Å². The predicted molar refractivity (Wildman–Crippen MR) is 97.1 cm³/mol. The molecule has 0 N–H and O–H groups in total. The molecule has 138 valence electrons. The van der Waals surface area contributed by atoms with Crippen molar-refractivity contribution in [2.45, 2.75) is 24.2 Å². The molecule has 2 saturated heterocycles. The van der Waals surface area contributed by atoms with Gasteiger partial charge in [0.2, 0.25) is 15.9 Å². The van der Waals surface area contributed by atoms with Gasteiger partial charge in [-0.1, -0.05) is 23.7 Å². The quantitative estimate of drug-likeness (QED) is 0.773. The number of carbonyl (C=O) groups is 1. The maximum absolute atomic E-state index is 12.7. The first-order chi connectivity index (χ1) is 12.0. The molecule has 0 aliphatic carbocycles. The first-order valence-corrected chi connectivity index (χ1v) is 10.5. The van der Waals surface area contributed by atoms with Gasteiger partial charge in [0.05, 0.1) is 5.02 Å². The largest absolute Gasteiger partial charge is 0.340 e. The highest BCUT2D eigenvalue weighted by atomic mass is 35.5. The molecular weight excluding hydrogens is 362 g/mol. The van der Waals surface area contributed by atoms with Crippen LogP contribution in [0.25, 0.3) is 0 Å². The van der Waals surface area contributed by atoms with Crippen LogP contribution in [-0.4, -0.2) is 74.2 Å². The Morgan fingerprint density at radius 2 is 1.64 bits per heavy atom. The second-order valence-electron chi connectivity index (χ2n) is 6.51. The number of amides is 1. The standard InChI is InChI=1S/C17H24ClN3O3S/c18-15-5-1-2-6-16(15)25(23,24)21-13-11-20(12-14-21)17(22)7-10-19-8-3-4-9-19/h1-2,5-6H,3-4,7-14H2. The summed E-state index contributed by atoms with van der Waals surface area (Å²) in [7, 11) is -3.61. The summed E-state index contributed by atoms with van der Waals surface area (Å²) >= 11 is 6.04. The van der Waals surface area contributed by atoms with E-state index in [1.54, 1.807) is 23.1 Å². The molecule has 2 aliphatic rings. The second kappa shape index (κ2) is 8.03. The van der Waals surface area contributed by atoms with Gasteiger partial charge >= 0.3 is 0 Å². The van der Waals surface area contributed by atoms with Gasteiger partial charge in [-0.15, -0.1) is 0 Å². The van der Waals surface area contributed by atoms with Crippen molar-refractivity contribution in [1.82, 2.24) is 14.1 Å². The minimum Gasteiger partial charge on any atom is -0.340 e. The maximum Gasteiger partial charge on any atom is 0.244 e. The fourth-order valence-corrected chi connectivity index (χ4v) is 5.30. The molecule has 8 heteroatoms. The molecule has 0 unspecified atom stereocenters. The fraction of sp³-hybridized carbons (Fsp3) is 0.588. The summed E-state index contributed by atoms with van der Waals surface area (Å²) in [5.41, 5.74) is 0. The van der Waals surface area contributed by atoms with E-state index in [-0.39, 0.29) is 15.8 Å². The van der Waals surface area contributed by atoms with E-state index in [1.165, 1.54) is 23.2 Å². The first-order valence-electron chi connectivity index (χ1n) is 8.73. The van der Waals surface area contributed by atoms with Crippen LogP contribution < -0.4 is 0 Å². The van der Waals surface area contributed by atoms with Crippen molar-refractivity contribution < 1.29 is 13.2 Å². The van der Waals surface area contributed by atoms with Gasteiger partial charge in [-0.25, -0.2) is 8.42 Å². The Balaban J connectivity index is 1.54. The van der Waals surface area contributed by atoms with Crippen LogP contribution in [0.5, 0.6) is 0 Å². The molecule has 0 bridgehead atoms. The number of nitrogens with zero attached hydrogens (tertiary/aromatic N) is 3. The van der Waals surface area contributed by atoms with Crippen molar-refractivity contribution in [3.8, 4) is 0 Å². The highest BCUT2D eigenvalue weighted by molar-refractivity contribution is 7.89. The maximum atomic E-state index is 12.7. The molecule has 1 aromatic rings. The van der Waals surface area contributed by atoms with Crippen molar-refractivity contribution in [2.75, 3.05) is 45.8 Å². The van der Waals surface area contributed by atoms with Crippen molar-refractivity contribution in [3.63, 3.8) is 0 Å². The number of hydrogen-bond donors (Lipinski definition) is 0. The zero-order valence-corrected chi connectivity index (χ0v) is 15.8. The Morgan fingerprint density at radius 3 is 2.28 bits per heavy atom. The van der Waals surface area contributed by atoms with Crippen molar-refractivity contribution in [1.29, 1.82) is 0 Å². The zero-order valence-electron chi connectivity index (χ0n) is 14.2. The van der Waals surface area contributed by atoms with Crippen LogP contribution >= 0.6 is 11.6 Å². The normalized spacial score (nSPS) is 20.1. The van der Waals surface area contributed by atoms with Gasteiger partial charge in [0, 0.05) is 39.1 Å². The lowest BCUT2D eigenvalue weighted by Gasteiger charge is -2.34. The molecule has 0 aromatic heterocycles. The van der Waals surface area contributed by atoms with Crippen LogP contribution in [-0.2, 0) is 14.8 Å². The number of carbonyl (C=O) groups excluding carboxylic acids is 1. The van der Waals surface area contributed by atoms with Gasteiger partial charge in [-0.2, -0.15) is 4.31 Å². The lowest BCUT2D eigenvalue weighted by Crippen LogP contribution is -2.50. The number of benzene rings is 1. The van der Waals surface area contributed by atoms with E-state index in [0.717, 1.165) is 19.6 Å². The molecule has 0 atom stereocenters. The molecule has 0 saturated carbocycles. The van der Waals surface area contributed by atoms with E-state index in [1.807, 2.05) is 0 Å². The Labute approximate surface area is 154 Å². The van der Waals surface area contributed by atoms with E-state index >= 15 is 0 Å². The zero-order chi connectivity index (χ0) is 17.9. The average molecular weight is 386 g/mol. The molecule has 1 aromatic carbocycles. The smallest absolute Gasteiger partial charge is 0.244 e. The lowest BCUT2D eigenvalue weighted by molar-refractivity contribution is -0.132. The Hall–Kier alpha value is -1.15. The summed E-state index contributed by atoms with van der Waals surface area (Å²) < 4.78 is 26.8. The summed E-state index contributed by atoms with van der Waals surface area (Å²) in [6.07, 6.45) is 2.94. The molecule has 2 aliphatic heterocycles. The van der Waals surface area contributed by atoms with Gasteiger partial charge in [-0.3, -0.25) is 4.79 Å². The average Bonchev–Trinajstić information content (AvgIpc) is 3.13. The molecular formula is C17H24ClN3O3S. The van der Waals surface area contributed by atoms with E-state index in [2.05, 4.69) is 4.90 Å². The minimum atomic E-state index is -3.61. The summed E-state index contributed by atoms with van der Waals surface area (Å²) in [4.78, 5) is 16.6. The first kappa shape index (κ1) is 18.6. The summed E-state index contributed by atoms with van der Waals surface area (Å²) in [5.74, 6) is 0.113. The molecule has 2 heterocycles. The van der Waals surface area contributed by atoms with E-state index < -0.39 is 10.0 Å². The van der Waals surface area contributed by atoms with Gasteiger partial charge in [0.1, 0.15) is 4.90 Å². The summed E-state index contributed by atoms with van der Waals surface area (Å²) in [6, 6.07) is 6.47. The third kappa shape index (κ3) is 4.34. The molecule has 25 heavy (non-hydrogen) atoms. The topological polar surface area (TPSA) is 60.9 Å². The third-order valence-corrected chi connectivity index (χ3v) is 7.28. The number of likely N-dealkylation sites (tertiary alicyclic amines) is 1. The highest BCUT2D eigenvalue weighted by Crippen LogP contribution is 2.25. The Morgan fingerprint density at radius 1 is 1.00 bits per heavy atom. The molecule has 0 radical (unpaired) electrons. The predicted octanol–water partition coefficient (Wildman–Crippen LogP) is 1.66. The molecule has 3 rings (SSSR count). The minimum absolute atomic E-state index is 0.113. The second-order valence-corrected chi connectivity index (χ2v) is 8.83. The van der Waals surface area contributed by atoms with Crippen LogP contribution in [0.1, 0.15) is 19.3 Å². The Bertz CT molecular complexity index is 712. The monoisotopic (exact) mass is 385 g/mol. The van der Waals surface area contributed by atoms with Crippen LogP contribution in [0.15, 0.2) is 29.2 Å². The SMILES string of the molecule is O=C(CCN1CCCC1)N1CCN(S(=O)(=O)c2ccccc2Cl)CC1. The number of sulfonamides is 1. The van der Waals surface area contributed by atoms with Crippen LogP contribution in [0.4, 0.5) is 0 Å². The van der Waals surface area contributed by atoms with E-state index in [4.69, 9.17) is 11.6 Å². The summed E-state index contributed by atoms with van der Waals surface area (Å²) in [5, 5.41) is 0.228. The van der Waals surface area contributed by atoms with Crippen molar-refractivity contribution >= 4 is 27.5 Å². The van der Waals surface area contributed by atoms with E-state index in [0.29, 0.717) is 32.6 Å². The lowest BCUT2D eigenvalue weighted by atomic mass is 10.3. The van der Waals surface area contributed by atoms with Crippen LogP contribution in [0.2, 0.25) is 5.02 Å². The van der Waals surface area contributed by atoms with Gasteiger partial charge in [0.15, 0.2) is 0 Å². The summed E-state index contributed by atoms with van der Waals surface area (Å²) in [6.45, 7) is 4.45. The van der Waals surface area contributed by atoms with Crippen molar-refractivity contribution in [2.24, 2.45) is 0 Å². The third-order valence-electron chi connectivity index (χ3n) is 4.89. The fourth-order valence-electron chi connectivity index (χ4n) is 3.39. The molecule has 0 spiro atoms. The molecule has 6 nitrogen and oxygen atoms in total. The van der Waals surface area contributed by atoms with Crippen LogP contribution in [0, 0.1) is 0 Å². The number of rotatable bonds is 5. The number of piperazine rings is 1. The van der Waals surface area contributed by atoms with Gasteiger partial charge < -0.3 is 9.80 Å². The van der Waals surface area contributed by atoms with Gasteiger partial charge in [-0.05, 0) is 38.1 Å².